The number of fused-ring (bicyclic) bond motifs is 1. The van der Waals surface area contributed by atoms with Crippen molar-refractivity contribution in [2.75, 3.05) is 0 Å². The van der Waals surface area contributed by atoms with Crippen LogP contribution in [0, 0.1) is 0 Å². The number of thiol groups is 2. The quantitative estimate of drug-likeness (QED) is 0.516. The topological polar surface area (TPSA) is 30.2 Å². The Hall–Kier alpha value is -0.870. The summed E-state index contributed by atoms with van der Waals surface area (Å²) in [5.74, 6) is 0. The van der Waals surface area contributed by atoms with Crippen LogP contribution in [0.5, 0.6) is 0 Å². The van der Waals surface area contributed by atoms with E-state index in [1.54, 1.807) is 6.07 Å². The predicted octanol–water partition coefficient (Wildman–Crippen LogP) is 2.37. The lowest BCUT2D eigenvalue weighted by molar-refractivity contribution is 0.553. The van der Waals surface area contributed by atoms with Gasteiger partial charge in [-0.1, -0.05) is 6.07 Å². The van der Waals surface area contributed by atoms with Crippen molar-refractivity contribution in [3.8, 4) is 0 Å². The molecule has 1 heterocycles. The van der Waals surface area contributed by atoms with Crippen LogP contribution >= 0.6 is 25.3 Å². The third-order valence-electron chi connectivity index (χ3n) is 1.74. The zero-order valence-electron chi connectivity index (χ0n) is 6.52. The van der Waals surface area contributed by atoms with Gasteiger partial charge in [-0.25, -0.2) is 4.79 Å². The van der Waals surface area contributed by atoms with Crippen molar-refractivity contribution >= 4 is 36.2 Å². The fourth-order valence-corrected chi connectivity index (χ4v) is 1.53. The molecule has 66 valence electrons. The molecule has 0 unspecified atom stereocenters. The van der Waals surface area contributed by atoms with Gasteiger partial charge in [0, 0.05) is 16.3 Å². The smallest absolute Gasteiger partial charge is 0.336 e. The van der Waals surface area contributed by atoms with E-state index >= 15 is 0 Å². The van der Waals surface area contributed by atoms with Crippen LogP contribution in [0.3, 0.4) is 0 Å². The SMILES string of the molecule is O=c1ccc2ccc(S)c(S)c2o1. The largest absolute Gasteiger partial charge is 0.421 e. The van der Waals surface area contributed by atoms with E-state index in [-0.39, 0.29) is 5.63 Å². The van der Waals surface area contributed by atoms with Gasteiger partial charge in [0.15, 0.2) is 5.58 Å². The summed E-state index contributed by atoms with van der Waals surface area (Å²) in [4.78, 5) is 12.2. The molecule has 0 amide bonds. The average molecular weight is 210 g/mol. The minimum Gasteiger partial charge on any atom is -0.421 e. The first-order valence-corrected chi connectivity index (χ1v) is 4.53. The molecule has 1 aromatic heterocycles. The van der Waals surface area contributed by atoms with Crippen molar-refractivity contribution in [3.05, 3.63) is 34.7 Å². The zero-order valence-corrected chi connectivity index (χ0v) is 8.31. The van der Waals surface area contributed by atoms with Crippen LogP contribution in [0.25, 0.3) is 11.0 Å². The van der Waals surface area contributed by atoms with Gasteiger partial charge in [0.25, 0.3) is 0 Å². The molecule has 0 saturated carbocycles. The lowest BCUT2D eigenvalue weighted by Crippen LogP contribution is -1.94. The summed E-state index contributed by atoms with van der Waals surface area (Å²) in [6.45, 7) is 0. The summed E-state index contributed by atoms with van der Waals surface area (Å²) in [6, 6.07) is 6.73. The Morgan fingerprint density at radius 2 is 1.77 bits per heavy atom. The lowest BCUT2D eigenvalue weighted by atomic mass is 10.2. The maximum Gasteiger partial charge on any atom is 0.336 e. The molecule has 0 atom stereocenters. The van der Waals surface area contributed by atoms with Crippen molar-refractivity contribution in [1.29, 1.82) is 0 Å². The Morgan fingerprint density at radius 1 is 1.08 bits per heavy atom. The Labute approximate surface area is 85.4 Å². The summed E-state index contributed by atoms with van der Waals surface area (Å²) in [7, 11) is 0. The number of rotatable bonds is 0. The Balaban J connectivity index is 2.97. The molecule has 2 nitrogen and oxygen atoms in total. The van der Waals surface area contributed by atoms with Crippen LogP contribution in [-0.2, 0) is 0 Å². The van der Waals surface area contributed by atoms with Crippen molar-refractivity contribution in [3.63, 3.8) is 0 Å². The van der Waals surface area contributed by atoms with Gasteiger partial charge in [0.2, 0.25) is 0 Å². The average Bonchev–Trinajstić information content (AvgIpc) is 2.12. The number of benzene rings is 1. The van der Waals surface area contributed by atoms with Crippen molar-refractivity contribution < 1.29 is 4.42 Å². The Kier molecular flexibility index (Phi) is 2.09. The van der Waals surface area contributed by atoms with Gasteiger partial charge in [0.1, 0.15) is 0 Å². The maximum absolute atomic E-state index is 10.9. The molecule has 0 fully saturated rings. The fraction of sp³-hybridized carbons (Fsp3) is 0. The molecule has 0 N–H and O–H groups in total. The molecular formula is C9H6O2S2. The first-order valence-electron chi connectivity index (χ1n) is 3.63. The highest BCUT2D eigenvalue weighted by Gasteiger charge is 2.03. The first kappa shape index (κ1) is 8.72. The van der Waals surface area contributed by atoms with Gasteiger partial charge >= 0.3 is 5.63 Å². The molecule has 4 heteroatoms. The number of hydrogen-bond acceptors (Lipinski definition) is 4. The molecule has 0 bridgehead atoms. The summed E-state index contributed by atoms with van der Waals surface area (Å²) in [5.41, 5.74) is 0.116. The van der Waals surface area contributed by atoms with Crippen LogP contribution in [-0.4, -0.2) is 0 Å². The predicted molar refractivity (Wildman–Crippen MR) is 57.0 cm³/mol. The standard InChI is InChI=1S/C9H6O2S2/c10-7-4-2-5-1-3-6(12)9(13)8(5)11-7/h1-4,12-13H. The van der Waals surface area contributed by atoms with E-state index in [4.69, 9.17) is 4.42 Å². The minimum absolute atomic E-state index is 0.373. The summed E-state index contributed by atoms with van der Waals surface area (Å²) >= 11 is 8.37. The van der Waals surface area contributed by atoms with Gasteiger partial charge in [-0.3, -0.25) is 0 Å². The van der Waals surface area contributed by atoms with Gasteiger partial charge in [-0.2, -0.15) is 0 Å². The normalized spacial score (nSPS) is 10.6. The molecular weight excluding hydrogens is 204 g/mol. The van der Waals surface area contributed by atoms with Crippen molar-refractivity contribution in [2.45, 2.75) is 9.79 Å². The number of hydrogen-bond donors (Lipinski definition) is 2. The first-order chi connectivity index (χ1) is 6.18. The second-order valence-electron chi connectivity index (χ2n) is 2.61. The second-order valence-corrected chi connectivity index (χ2v) is 3.54. The van der Waals surface area contributed by atoms with Crippen molar-refractivity contribution in [1.82, 2.24) is 0 Å². The van der Waals surface area contributed by atoms with Crippen LogP contribution in [0.2, 0.25) is 0 Å². The highest BCUT2D eigenvalue weighted by molar-refractivity contribution is 7.83. The minimum atomic E-state index is -0.373. The zero-order chi connectivity index (χ0) is 9.42. The molecule has 2 aromatic rings. The molecule has 1 aromatic carbocycles. The van der Waals surface area contributed by atoms with E-state index in [0.717, 1.165) is 5.39 Å². The van der Waals surface area contributed by atoms with E-state index in [1.165, 1.54) is 6.07 Å². The summed E-state index contributed by atoms with van der Waals surface area (Å²) in [5, 5.41) is 0.849. The third-order valence-corrected chi connectivity index (χ3v) is 2.74. The second kappa shape index (κ2) is 3.12. The summed E-state index contributed by atoms with van der Waals surface area (Å²) < 4.78 is 4.99. The van der Waals surface area contributed by atoms with Crippen LogP contribution < -0.4 is 5.63 Å². The Morgan fingerprint density at radius 3 is 2.54 bits per heavy atom. The highest BCUT2D eigenvalue weighted by Crippen LogP contribution is 2.26. The van der Waals surface area contributed by atoms with E-state index in [9.17, 15) is 4.79 Å². The third kappa shape index (κ3) is 1.47. The molecule has 13 heavy (non-hydrogen) atoms. The monoisotopic (exact) mass is 210 g/mol. The highest BCUT2D eigenvalue weighted by atomic mass is 32.1. The van der Waals surface area contributed by atoms with E-state index in [2.05, 4.69) is 25.3 Å². The van der Waals surface area contributed by atoms with Gasteiger partial charge in [0.05, 0.1) is 4.90 Å². The van der Waals surface area contributed by atoms with Crippen molar-refractivity contribution in [2.24, 2.45) is 0 Å². The van der Waals surface area contributed by atoms with Crippen LogP contribution in [0.4, 0.5) is 0 Å². The van der Waals surface area contributed by atoms with Crippen LogP contribution in [0.1, 0.15) is 0 Å². The van der Waals surface area contributed by atoms with Crippen LogP contribution in [0.15, 0.2) is 43.3 Å². The molecule has 0 saturated heterocycles. The molecule has 2 rings (SSSR count). The molecule has 0 spiro atoms. The Bertz CT molecular complexity index is 516. The van der Waals surface area contributed by atoms with E-state index in [0.29, 0.717) is 15.4 Å². The lowest BCUT2D eigenvalue weighted by Gasteiger charge is -2.00. The van der Waals surface area contributed by atoms with E-state index < -0.39 is 0 Å². The molecule has 0 radical (unpaired) electrons. The fourth-order valence-electron chi connectivity index (χ4n) is 1.11. The van der Waals surface area contributed by atoms with E-state index in [1.807, 2.05) is 12.1 Å². The maximum atomic E-state index is 10.9. The summed E-state index contributed by atoms with van der Waals surface area (Å²) in [6.07, 6.45) is 0. The van der Waals surface area contributed by atoms with Gasteiger partial charge in [-0.05, 0) is 12.1 Å². The van der Waals surface area contributed by atoms with Gasteiger partial charge < -0.3 is 4.42 Å². The van der Waals surface area contributed by atoms with Gasteiger partial charge in [-0.15, -0.1) is 25.3 Å². The molecule has 0 aliphatic rings. The molecule has 0 aliphatic carbocycles. The molecule has 0 aliphatic heterocycles.